The molecule has 0 aromatic heterocycles. The molecule has 1 aliphatic carbocycles. The number of amides is 3. The van der Waals surface area contributed by atoms with Crippen LogP contribution in [0.1, 0.15) is 28.8 Å². The highest BCUT2D eigenvalue weighted by molar-refractivity contribution is 6.08. The third-order valence-electron chi connectivity index (χ3n) is 5.74. The van der Waals surface area contributed by atoms with Crippen molar-refractivity contribution in [2.75, 3.05) is 0 Å². The highest BCUT2D eigenvalue weighted by atomic mass is 16.6. The first-order chi connectivity index (χ1) is 15.8. The Morgan fingerprint density at radius 2 is 1.48 bits per heavy atom. The van der Waals surface area contributed by atoms with Crippen LogP contribution in [-0.4, -0.2) is 37.6 Å². The number of imide groups is 1. The van der Waals surface area contributed by atoms with Gasteiger partial charge in [-0.25, -0.2) is 5.01 Å². The van der Waals surface area contributed by atoms with Gasteiger partial charge in [0.1, 0.15) is 0 Å². The van der Waals surface area contributed by atoms with Gasteiger partial charge in [-0.3, -0.25) is 34.6 Å². The SMILES string of the molecule is O=C(c1cccc([N+](=O)[O-])c1)N(Cc1ccc([N+](=O)[O-])cc1)N1C(=O)[C@@H]2CC=CC[C@H]2C1=O. The minimum Gasteiger partial charge on any atom is -0.272 e. The average Bonchev–Trinajstić information content (AvgIpc) is 3.07. The fourth-order valence-corrected chi connectivity index (χ4v) is 4.05. The Hall–Kier alpha value is -4.41. The van der Waals surface area contributed by atoms with Crippen molar-refractivity contribution in [2.24, 2.45) is 11.8 Å². The summed E-state index contributed by atoms with van der Waals surface area (Å²) < 4.78 is 0. The normalized spacial score (nSPS) is 19.3. The Kier molecular flexibility index (Phi) is 5.69. The summed E-state index contributed by atoms with van der Waals surface area (Å²) in [6.45, 7) is -0.232. The summed E-state index contributed by atoms with van der Waals surface area (Å²) in [5, 5.41) is 23.9. The first-order valence-electron chi connectivity index (χ1n) is 10.1. The third-order valence-corrected chi connectivity index (χ3v) is 5.74. The molecule has 2 atom stereocenters. The Labute approximate surface area is 187 Å². The number of nitro benzene ring substituents is 2. The molecule has 11 nitrogen and oxygen atoms in total. The molecule has 0 N–H and O–H groups in total. The fourth-order valence-electron chi connectivity index (χ4n) is 4.05. The van der Waals surface area contributed by atoms with Crippen LogP contribution < -0.4 is 0 Å². The van der Waals surface area contributed by atoms with E-state index in [-0.39, 0.29) is 23.5 Å². The van der Waals surface area contributed by atoms with Crippen LogP contribution in [0, 0.1) is 32.1 Å². The Balaban J connectivity index is 1.72. The number of hydrazine groups is 1. The number of rotatable bonds is 6. The van der Waals surface area contributed by atoms with Gasteiger partial charge in [-0.15, -0.1) is 0 Å². The molecular formula is C22H18N4O7. The molecule has 0 bridgehead atoms. The number of carbonyl (C=O) groups excluding carboxylic acids is 3. The van der Waals surface area contributed by atoms with E-state index < -0.39 is 39.4 Å². The second-order valence-corrected chi connectivity index (χ2v) is 7.74. The lowest BCUT2D eigenvalue weighted by molar-refractivity contribution is -0.385. The predicted octanol–water partition coefficient (Wildman–Crippen LogP) is 3.01. The van der Waals surface area contributed by atoms with E-state index in [9.17, 15) is 34.6 Å². The number of carbonyl (C=O) groups is 3. The van der Waals surface area contributed by atoms with Crippen LogP contribution >= 0.6 is 0 Å². The van der Waals surface area contributed by atoms with Crippen LogP contribution in [-0.2, 0) is 16.1 Å². The van der Waals surface area contributed by atoms with Gasteiger partial charge in [0.15, 0.2) is 0 Å². The number of benzene rings is 2. The summed E-state index contributed by atoms with van der Waals surface area (Å²) in [6.07, 6.45) is 4.39. The van der Waals surface area contributed by atoms with Crippen molar-refractivity contribution >= 4 is 29.1 Å². The van der Waals surface area contributed by atoms with Crippen molar-refractivity contribution < 1.29 is 24.2 Å². The number of non-ortho nitro benzene ring substituents is 2. The molecule has 168 valence electrons. The molecule has 1 saturated heterocycles. The Morgan fingerprint density at radius 3 is 2.03 bits per heavy atom. The summed E-state index contributed by atoms with van der Waals surface area (Å²) >= 11 is 0. The Bertz CT molecular complexity index is 1170. The number of fused-ring (bicyclic) bond motifs is 1. The van der Waals surface area contributed by atoms with E-state index in [1.165, 1.54) is 42.5 Å². The topological polar surface area (TPSA) is 144 Å². The maximum Gasteiger partial charge on any atom is 0.273 e. The molecule has 3 amide bonds. The van der Waals surface area contributed by atoms with Crippen LogP contribution in [0.4, 0.5) is 11.4 Å². The molecule has 0 radical (unpaired) electrons. The van der Waals surface area contributed by atoms with Crippen molar-refractivity contribution in [3.63, 3.8) is 0 Å². The van der Waals surface area contributed by atoms with Gasteiger partial charge in [0, 0.05) is 29.8 Å². The van der Waals surface area contributed by atoms with E-state index >= 15 is 0 Å². The van der Waals surface area contributed by atoms with Crippen molar-refractivity contribution in [2.45, 2.75) is 19.4 Å². The molecule has 1 heterocycles. The van der Waals surface area contributed by atoms with Crippen LogP contribution in [0.15, 0.2) is 60.7 Å². The standard InChI is InChI=1S/C22H18N4O7/c27-20(15-4-3-5-17(12-15)26(32)33)23(13-14-8-10-16(11-9-14)25(30)31)24-21(28)18-6-1-2-7-19(18)22(24)29/h1-5,8-12,18-19H,6-7,13H2/t18-,19-/m1/s1. The monoisotopic (exact) mass is 450 g/mol. The second kappa shape index (κ2) is 8.61. The van der Waals surface area contributed by atoms with Gasteiger partial charge in [0.25, 0.3) is 29.1 Å². The van der Waals surface area contributed by atoms with Crippen molar-refractivity contribution in [1.29, 1.82) is 0 Å². The maximum atomic E-state index is 13.4. The smallest absolute Gasteiger partial charge is 0.272 e. The van der Waals surface area contributed by atoms with Gasteiger partial charge in [0.05, 0.1) is 28.2 Å². The average molecular weight is 450 g/mol. The molecule has 0 saturated carbocycles. The highest BCUT2D eigenvalue weighted by Gasteiger charge is 2.50. The van der Waals surface area contributed by atoms with E-state index in [0.717, 1.165) is 16.1 Å². The molecule has 0 unspecified atom stereocenters. The third kappa shape index (κ3) is 4.07. The van der Waals surface area contributed by atoms with Crippen LogP contribution in [0.25, 0.3) is 0 Å². The van der Waals surface area contributed by atoms with E-state index in [1.54, 1.807) is 0 Å². The zero-order chi connectivity index (χ0) is 23.7. The van der Waals surface area contributed by atoms with Gasteiger partial charge in [-0.05, 0) is 24.5 Å². The van der Waals surface area contributed by atoms with Crippen molar-refractivity contribution in [3.8, 4) is 0 Å². The molecule has 4 rings (SSSR count). The minimum absolute atomic E-state index is 0.0697. The summed E-state index contributed by atoms with van der Waals surface area (Å²) in [6, 6.07) is 10.3. The van der Waals surface area contributed by atoms with E-state index in [1.807, 2.05) is 12.2 Å². The molecule has 11 heteroatoms. The summed E-state index contributed by atoms with van der Waals surface area (Å²) in [5.74, 6) is -2.98. The molecular weight excluding hydrogens is 432 g/mol. The van der Waals surface area contributed by atoms with Crippen molar-refractivity contribution in [3.05, 3.63) is 92.0 Å². The molecule has 1 fully saturated rings. The highest BCUT2D eigenvalue weighted by Crippen LogP contribution is 2.36. The van der Waals surface area contributed by atoms with E-state index in [2.05, 4.69) is 0 Å². The van der Waals surface area contributed by atoms with Gasteiger partial charge in [0.2, 0.25) is 0 Å². The Morgan fingerprint density at radius 1 is 0.909 bits per heavy atom. The van der Waals surface area contributed by atoms with E-state index in [0.29, 0.717) is 18.4 Å². The lowest BCUT2D eigenvalue weighted by Gasteiger charge is -2.30. The zero-order valence-electron chi connectivity index (χ0n) is 17.2. The van der Waals surface area contributed by atoms with Gasteiger partial charge >= 0.3 is 0 Å². The number of nitrogens with zero attached hydrogens (tertiary/aromatic N) is 4. The first-order valence-corrected chi connectivity index (χ1v) is 10.1. The summed E-state index contributed by atoms with van der Waals surface area (Å²) in [5.41, 5.74) is -0.0958. The zero-order valence-corrected chi connectivity index (χ0v) is 17.2. The summed E-state index contributed by atoms with van der Waals surface area (Å²) in [7, 11) is 0. The molecule has 2 aromatic carbocycles. The number of nitro groups is 2. The molecule has 2 aromatic rings. The molecule has 0 spiro atoms. The lowest BCUT2D eigenvalue weighted by atomic mass is 9.85. The minimum atomic E-state index is -0.773. The fraction of sp³-hybridized carbons (Fsp3) is 0.227. The van der Waals surface area contributed by atoms with Gasteiger partial charge in [-0.1, -0.05) is 30.4 Å². The van der Waals surface area contributed by atoms with Gasteiger partial charge in [-0.2, -0.15) is 5.01 Å². The molecule has 33 heavy (non-hydrogen) atoms. The number of hydrogen-bond acceptors (Lipinski definition) is 7. The van der Waals surface area contributed by atoms with Crippen LogP contribution in [0.5, 0.6) is 0 Å². The number of hydrogen-bond donors (Lipinski definition) is 0. The quantitative estimate of drug-likeness (QED) is 0.285. The largest absolute Gasteiger partial charge is 0.273 e. The second-order valence-electron chi connectivity index (χ2n) is 7.74. The lowest BCUT2D eigenvalue weighted by Crippen LogP contribution is -2.49. The first kappa shape index (κ1) is 21.8. The van der Waals surface area contributed by atoms with E-state index in [4.69, 9.17) is 0 Å². The van der Waals surface area contributed by atoms with Gasteiger partial charge < -0.3 is 0 Å². The van der Waals surface area contributed by atoms with Crippen molar-refractivity contribution in [1.82, 2.24) is 10.0 Å². The van der Waals surface area contributed by atoms with Crippen LogP contribution in [0.3, 0.4) is 0 Å². The number of allylic oxidation sites excluding steroid dienone is 2. The summed E-state index contributed by atoms with van der Waals surface area (Å²) in [4.78, 5) is 60.5. The molecule has 2 aliphatic rings. The predicted molar refractivity (Wildman–Crippen MR) is 113 cm³/mol. The molecule has 1 aliphatic heterocycles. The maximum absolute atomic E-state index is 13.4. The van der Waals surface area contributed by atoms with Crippen LogP contribution in [0.2, 0.25) is 0 Å².